The van der Waals surface area contributed by atoms with Crippen LogP contribution in [0.25, 0.3) is 0 Å². The van der Waals surface area contributed by atoms with Gasteiger partial charge >= 0.3 is 0 Å². The van der Waals surface area contributed by atoms with Crippen molar-refractivity contribution in [2.24, 2.45) is 0 Å². The quantitative estimate of drug-likeness (QED) is 0.804. The van der Waals surface area contributed by atoms with Crippen LogP contribution < -0.4 is 5.32 Å². The van der Waals surface area contributed by atoms with E-state index in [0.29, 0.717) is 12.3 Å². The Labute approximate surface area is 97.4 Å². The van der Waals surface area contributed by atoms with Crippen molar-refractivity contribution in [1.82, 2.24) is 5.32 Å². The minimum Gasteiger partial charge on any atom is -0.508 e. The van der Waals surface area contributed by atoms with Gasteiger partial charge < -0.3 is 15.2 Å². The molecule has 16 heavy (non-hydrogen) atoms. The Morgan fingerprint density at radius 2 is 2.06 bits per heavy atom. The molecule has 3 heteroatoms. The molecule has 0 aliphatic carbocycles. The van der Waals surface area contributed by atoms with Crippen LogP contribution in [0, 0.1) is 6.92 Å². The topological polar surface area (TPSA) is 41.5 Å². The first-order valence-electron chi connectivity index (χ1n) is 5.49. The minimum atomic E-state index is -0.181. The van der Waals surface area contributed by atoms with Gasteiger partial charge in [-0.1, -0.05) is 17.7 Å². The first-order chi connectivity index (χ1) is 7.44. The van der Waals surface area contributed by atoms with Crippen LogP contribution in [0.15, 0.2) is 18.2 Å². The number of benzene rings is 1. The van der Waals surface area contributed by atoms with Gasteiger partial charge in [0, 0.05) is 25.8 Å². The Morgan fingerprint density at radius 1 is 1.38 bits per heavy atom. The Hall–Kier alpha value is -1.06. The second-order valence-electron chi connectivity index (χ2n) is 4.70. The van der Waals surface area contributed by atoms with E-state index in [1.54, 1.807) is 13.2 Å². The van der Waals surface area contributed by atoms with E-state index in [1.807, 2.05) is 32.9 Å². The van der Waals surface area contributed by atoms with Gasteiger partial charge in [-0.05, 0) is 26.8 Å². The van der Waals surface area contributed by atoms with Crippen molar-refractivity contribution in [3.05, 3.63) is 29.3 Å². The van der Waals surface area contributed by atoms with E-state index in [-0.39, 0.29) is 5.60 Å². The standard InChI is InChI=1S/C13H21NO2/c1-10-5-6-12(15)11(7-10)8-14-9-13(2,3)16-4/h5-7,14-15H,8-9H2,1-4H3. The van der Waals surface area contributed by atoms with Gasteiger partial charge in [0.15, 0.2) is 0 Å². The smallest absolute Gasteiger partial charge is 0.120 e. The number of hydrogen-bond donors (Lipinski definition) is 2. The average Bonchev–Trinajstić information content (AvgIpc) is 2.23. The van der Waals surface area contributed by atoms with Gasteiger partial charge in [0.2, 0.25) is 0 Å². The highest BCUT2D eigenvalue weighted by Crippen LogP contribution is 2.18. The molecule has 0 aliphatic heterocycles. The normalized spacial score (nSPS) is 11.8. The lowest BCUT2D eigenvalue weighted by Crippen LogP contribution is -2.36. The fourth-order valence-corrected chi connectivity index (χ4v) is 1.43. The summed E-state index contributed by atoms with van der Waals surface area (Å²) in [4.78, 5) is 0. The summed E-state index contributed by atoms with van der Waals surface area (Å²) in [5.41, 5.74) is 1.90. The average molecular weight is 223 g/mol. The molecule has 1 aromatic rings. The third kappa shape index (κ3) is 3.83. The van der Waals surface area contributed by atoms with Crippen molar-refractivity contribution in [1.29, 1.82) is 0 Å². The largest absolute Gasteiger partial charge is 0.508 e. The van der Waals surface area contributed by atoms with Crippen LogP contribution in [0.1, 0.15) is 25.0 Å². The SMILES string of the molecule is COC(C)(C)CNCc1cc(C)ccc1O. The molecule has 90 valence electrons. The predicted molar refractivity (Wildman–Crippen MR) is 65.6 cm³/mol. The molecule has 0 spiro atoms. The lowest BCUT2D eigenvalue weighted by atomic mass is 10.1. The molecule has 0 saturated heterocycles. The van der Waals surface area contributed by atoms with E-state index in [9.17, 15) is 5.11 Å². The minimum absolute atomic E-state index is 0.181. The van der Waals surface area contributed by atoms with E-state index in [1.165, 1.54) is 0 Å². The maximum absolute atomic E-state index is 9.65. The zero-order chi connectivity index (χ0) is 12.2. The van der Waals surface area contributed by atoms with Gasteiger partial charge in [0.1, 0.15) is 5.75 Å². The molecule has 0 unspecified atom stereocenters. The van der Waals surface area contributed by atoms with Crippen molar-refractivity contribution in [2.45, 2.75) is 32.9 Å². The Morgan fingerprint density at radius 3 is 2.69 bits per heavy atom. The maximum atomic E-state index is 9.65. The third-order valence-corrected chi connectivity index (χ3v) is 2.65. The summed E-state index contributed by atoms with van der Waals surface area (Å²) in [6.07, 6.45) is 0. The van der Waals surface area contributed by atoms with Gasteiger partial charge in [0.05, 0.1) is 5.60 Å². The lowest BCUT2D eigenvalue weighted by Gasteiger charge is -2.23. The highest BCUT2D eigenvalue weighted by atomic mass is 16.5. The van der Waals surface area contributed by atoms with Crippen molar-refractivity contribution in [3.63, 3.8) is 0 Å². The summed E-state index contributed by atoms with van der Waals surface area (Å²) in [5.74, 6) is 0.341. The zero-order valence-electron chi connectivity index (χ0n) is 10.5. The summed E-state index contributed by atoms with van der Waals surface area (Å²) < 4.78 is 5.30. The second kappa shape index (κ2) is 5.32. The fourth-order valence-electron chi connectivity index (χ4n) is 1.43. The predicted octanol–water partition coefficient (Wildman–Crippen LogP) is 2.22. The van der Waals surface area contributed by atoms with Gasteiger partial charge in [-0.3, -0.25) is 0 Å². The molecule has 0 bridgehead atoms. The van der Waals surface area contributed by atoms with Crippen LogP contribution in [0.5, 0.6) is 5.75 Å². The Bertz CT molecular complexity index is 348. The number of nitrogens with one attached hydrogen (secondary N) is 1. The molecule has 1 rings (SSSR count). The van der Waals surface area contributed by atoms with E-state index >= 15 is 0 Å². The number of phenols is 1. The molecule has 0 aliphatic rings. The van der Waals surface area contributed by atoms with Crippen molar-refractivity contribution >= 4 is 0 Å². The number of ether oxygens (including phenoxy) is 1. The van der Waals surface area contributed by atoms with Crippen molar-refractivity contribution < 1.29 is 9.84 Å². The molecule has 0 heterocycles. The number of hydrogen-bond acceptors (Lipinski definition) is 3. The zero-order valence-corrected chi connectivity index (χ0v) is 10.5. The van der Waals surface area contributed by atoms with Crippen LogP contribution in [0.4, 0.5) is 0 Å². The fraction of sp³-hybridized carbons (Fsp3) is 0.538. The van der Waals surface area contributed by atoms with Crippen LogP contribution in [0.3, 0.4) is 0 Å². The van der Waals surface area contributed by atoms with Crippen LogP contribution >= 0.6 is 0 Å². The van der Waals surface area contributed by atoms with E-state index < -0.39 is 0 Å². The molecule has 0 saturated carbocycles. The van der Waals surface area contributed by atoms with Gasteiger partial charge in [-0.15, -0.1) is 0 Å². The first-order valence-corrected chi connectivity index (χ1v) is 5.49. The van der Waals surface area contributed by atoms with Crippen LogP contribution in [-0.4, -0.2) is 24.4 Å². The maximum Gasteiger partial charge on any atom is 0.120 e. The summed E-state index contributed by atoms with van der Waals surface area (Å²) in [6, 6.07) is 5.62. The summed E-state index contributed by atoms with van der Waals surface area (Å²) >= 11 is 0. The van der Waals surface area contributed by atoms with E-state index in [4.69, 9.17) is 4.74 Å². The molecular weight excluding hydrogens is 202 g/mol. The molecule has 0 radical (unpaired) electrons. The highest BCUT2D eigenvalue weighted by Gasteiger charge is 2.15. The number of aryl methyl sites for hydroxylation is 1. The number of aromatic hydroxyl groups is 1. The molecule has 0 atom stereocenters. The molecule has 2 N–H and O–H groups in total. The van der Waals surface area contributed by atoms with Gasteiger partial charge in [-0.25, -0.2) is 0 Å². The molecule has 0 fully saturated rings. The monoisotopic (exact) mass is 223 g/mol. The van der Waals surface area contributed by atoms with E-state index in [2.05, 4.69) is 5.32 Å². The number of methoxy groups -OCH3 is 1. The van der Waals surface area contributed by atoms with Crippen LogP contribution in [0.2, 0.25) is 0 Å². The summed E-state index contributed by atoms with van der Waals surface area (Å²) in [5, 5.41) is 12.9. The van der Waals surface area contributed by atoms with Crippen molar-refractivity contribution in [2.75, 3.05) is 13.7 Å². The molecule has 3 nitrogen and oxygen atoms in total. The third-order valence-electron chi connectivity index (χ3n) is 2.65. The summed E-state index contributed by atoms with van der Waals surface area (Å²) in [7, 11) is 1.70. The first kappa shape index (κ1) is 13.0. The lowest BCUT2D eigenvalue weighted by molar-refractivity contribution is 0.0230. The molecule has 0 aromatic heterocycles. The molecule has 1 aromatic carbocycles. The van der Waals surface area contributed by atoms with Crippen LogP contribution in [-0.2, 0) is 11.3 Å². The van der Waals surface area contributed by atoms with Gasteiger partial charge in [-0.2, -0.15) is 0 Å². The summed E-state index contributed by atoms with van der Waals surface area (Å²) in [6.45, 7) is 7.46. The molecular formula is C13H21NO2. The Kier molecular flexibility index (Phi) is 4.33. The van der Waals surface area contributed by atoms with E-state index in [0.717, 1.165) is 17.7 Å². The molecule has 0 amide bonds. The number of rotatable bonds is 5. The second-order valence-corrected chi connectivity index (χ2v) is 4.70. The number of phenolic OH excluding ortho intramolecular Hbond substituents is 1. The highest BCUT2D eigenvalue weighted by molar-refractivity contribution is 5.35. The van der Waals surface area contributed by atoms with Crippen molar-refractivity contribution in [3.8, 4) is 5.75 Å². The Balaban J connectivity index is 2.52. The van der Waals surface area contributed by atoms with Gasteiger partial charge in [0.25, 0.3) is 0 Å².